The van der Waals surface area contributed by atoms with Crippen molar-refractivity contribution in [1.29, 1.82) is 0 Å². The van der Waals surface area contributed by atoms with E-state index in [0.717, 1.165) is 27.6 Å². The van der Waals surface area contributed by atoms with E-state index in [1.165, 1.54) is 11.3 Å². The molecule has 1 atom stereocenters. The van der Waals surface area contributed by atoms with Crippen molar-refractivity contribution < 1.29 is 19.0 Å². The zero-order chi connectivity index (χ0) is 29.2. The summed E-state index contributed by atoms with van der Waals surface area (Å²) < 4.78 is 18.9. The van der Waals surface area contributed by atoms with Gasteiger partial charge in [-0.05, 0) is 36.1 Å². The van der Waals surface area contributed by atoms with E-state index < -0.39 is 12.0 Å². The van der Waals surface area contributed by atoms with E-state index >= 15 is 0 Å². The lowest BCUT2D eigenvalue weighted by Crippen LogP contribution is -2.40. The van der Waals surface area contributed by atoms with Gasteiger partial charge < -0.3 is 14.2 Å². The van der Waals surface area contributed by atoms with Crippen molar-refractivity contribution in [2.75, 3.05) is 20.8 Å². The molecule has 0 unspecified atom stereocenters. The van der Waals surface area contributed by atoms with Crippen LogP contribution in [-0.2, 0) is 9.53 Å². The highest BCUT2D eigenvalue weighted by Gasteiger charge is 2.36. The van der Waals surface area contributed by atoms with Crippen LogP contribution in [0.25, 0.3) is 22.5 Å². The second-order valence-corrected chi connectivity index (χ2v) is 10.6. The number of esters is 1. The van der Waals surface area contributed by atoms with Crippen LogP contribution in [0.15, 0.2) is 106 Å². The van der Waals surface area contributed by atoms with Gasteiger partial charge in [-0.15, -0.1) is 0 Å². The molecule has 8 heteroatoms. The predicted molar refractivity (Wildman–Crippen MR) is 165 cm³/mol. The predicted octanol–water partition coefficient (Wildman–Crippen LogP) is 5.11. The molecule has 0 spiro atoms. The standard InChI is InChI=1S/C34H28N2O5S/c1-4-41-33(38)29-30(21-12-6-5-7-13-21)35-34-36(31(29)25-16-10-11-17-26(25)39-2)32(37)28(42-34)20-22-18-19-27(40-3)24-15-9-8-14-23(22)24/h5-20,31H,4H2,1-3H3/b28-20-/t31-/m0/s1. The molecule has 7 nitrogen and oxygen atoms in total. The Morgan fingerprint density at radius 3 is 2.31 bits per heavy atom. The van der Waals surface area contributed by atoms with Crippen molar-refractivity contribution in [2.45, 2.75) is 13.0 Å². The minimum Gasteiger partial charge on any atom is -0.496 e. The summed E-state index contributed by atoms with van der Waals surface area (Å²) in [4.78, 5) is 33.4. The molecule has 0 radical (unpaired) electrons. The van der Waals surface area contributed by atoms with E-state index in [9.17, 15) is 9.59 Å². The molecule has 0 bridgehead atoms. The van der Waals surface area contributed by atoms with Gasteiger partial charge in [-0.2, -0.15) is 0 Å². The summed E-state index contributed by atoms with van der Waals surface area (Å²) in [5, 5.41) is 1.91. The highest BCUT2D eigenvalue weighted by molar-refractivity contribution is 7.07. The molecule has 4 aromatic carbocycles. The summed E-state index contributed by atoms with van der Waals surface area (Å²) in [5.41, 5.74) is 2.77. The number of rotatable bonds is 7. The first-order valence-corrected chi connectivity index (χ1v) is 14.3. The third kappa shape index (κ3) is 4.69. The second kappa shape index (κ2) is 11.5. The van der Waals surface area contributed by atoms with Gasteiger partial charge in [-0.25, -0.2) is 9.79 Å². The van der Waals surface area contributed by atoms with Crippen LogP contribution >= 0.6 is 11.3 Å². The number of benzene rings is 4. The molecule has 1 aliphatic heterocycles. The van der Waals surface area contributed by atoms with Crippen LogP contribution in [0.1, 0.15) is 29.7 Å². The maximum absolute atomic E-state index is 14.3. The van der Waals surface area contributed by atoms with Crippen LogP contribution in [0.4, 0.5) is 0 Å². The van der Waals surface area contributed by atoms with Gasteiger partial charge in [0.2, 0.25) is 0 Å². The Kier molecular flexibility index (Phi) is 7.46. The van der Waals surface area contributed by atoms with Gasteiger partial charge in [0.15, 0.2) is 4.80 Å². The first kappa shape index (κ1) is 27.2. The van der Waals surface area contributed by atoms with Crippen molar-refractivity contribution in [3.05, 3.63) is 133 Å². The van der Waals surface area contributed by atoms with Gasteiger partial charge >= 0.3 is 5.97 Å². The van der Waals surface area contributed by atoms with E-state index in [4.69, 9.17) is 19.2 Å². The van der Waals surface area contributed by atoms with Gasteiger partial charge in [-0.1, -0.05) is 90.2 Å². The Balaban J connectivity index is 1.67. The minimum atomic E-state index is -0.818. The molecule has 0 saturated carbocycles. The smallest absolute Gasteiger partial charge is 0.338 e. The highest BCUT2D eigenvalue weighted by atomic mass is 32.1. The van der Waals surface area contributed by atoms with Gasteiger partial charge in [0.05, 0.1) is 36.6 Å². The van der Waals surface area contributed by atoms with E-state index in [1.54, 1.807) is 25.7 Å². The van der Waals surface area contributed by atoms with Gasteiger partial charge in [-0.3, -0.25) is 9.36 Å². The Labute approximate surface area is 246 Å². The molecule has 1 aliphatic rings. The lowest BCUT2D eigenvalue weighted by atomic mass is 9.92. The fourth-order valence-corrected chi connectivity index (χ4v) is 6.36. The molecule has 0 amide bonds. The van der Waals surface area contributed by atoms with Crippen molar-refractivity contribution in [1.82, 2.24) is 4.57 Å². The van der Waals surface area contributed by atoms with E-state index in [1.807, 2.05) is 97.1 Å². The Morgan fingerprint density at radius 1 is 0.881 bits per heavy atom. The summed E-state index contributed by atoms with van der Waals surface area (Å²) in [6.07, 6.45) is 1.88. The molecule has 1 aromatic heterocycles. The van der Waals surface area contributed by atoms with Crippen LogP contribution in [0, 0.1) is 0 Å². The number of hydrogen-bond acceptors (Lipinski definition) is 7. The Hall–Kier alpha value is -4.95. The average molecular weight is 577 g/mol. The molecule has 0 fully saturated rings. The van der Waals surface area contributed by atoms with E-state index in [0.29, 0.717) is 26.3 Å². The van der Waals surface area contributed by atoms with Gasteiger partial charge in [0.1, 0.15) is 17.5 Å². The summed E-state index contributed by atoms with van der Waals surface area (Å²) in [6, 6.07) is 27.8. The summed E-state index contributed by atoms with van der Waals surface area (Å²) in [7, 11) is 3.21. The quantitative estimate of drug-likeness (QED) is 0.252. The first-order valence-electron chi connectivity index (χ1n) is 13.5. The number of thiazole rings is 1. The zero-order valence-electron chi connectivity index (χ0n) is 23.4. The molecule has 0 saturated heterocycles. The number of carbonyl (C=O) groups is 1. The van der Waals surface area contributed by atoms with Crippen LogP contribution in [0.2, 0.25) is 0 Å². The molecule has 0 aliphatic carbocycles. The van der Waals surface area contributed by atoms with Crippen molar-refractivity contribution in [2.24, 2.45) is 4.99 Å². The minimum absolute atomic E-state index is 0.179. The number of nitrogens with zero attached hydrogens (tertiary/aromatic N) is 2. The van der Waals surface area contributed by atoms with Crippen LogP contribution < -0.4 is 24.4 Å². The molecular formula is C34H28N2O5S. The summed E-state index contributed by atoms with van der Waals surface area (Å²) >= 11 is 1.28. The maximum Gasteiger partial charge on any atom is 0.338 e. The van der Waals surface area contributed by atoms with Gasteiger partial charge in [0, 0.05) is 16.5 Å². The SMILES string of the molecule is CCOC(=O)C1=C(c2ccccc2)N=c2s/c(=C\c3ccc(OC)c4ccccc34)c(=O)n2[C@H]1c1ccccc1OC. The van der Waals surface area contributed by atoms with E-state index in [2.05, 4.69) is 0 Å². The number of aromatic nitrogens is 1. The van der Waals surface area contributed by atoms with E-state index in [-0.39, 0.29) is 17.7 Å². The topological polar surface area (TPSA) is 79.1 Å². The van der Waals surface area contributed by atoms with Crippen LogP contribution in [0.5, 0.6) is 11.5 Å². The maximum atomic E-state index is 14.3. The zero-order valence-corrected chi connectivity index (χ0v) is 24.2. The number of para-hydroxylation sites is 1. The molecule has 6 rings (SSSR count). The lowest BCUT2D eigenvalue weighted by Gasteiger charge is -2.27. The van der Waals surface area contributed by atoms with Crippen LogP contribution in [-0.4, -0.2) is 31.4 Å². The highest BCUT2D eigenvalue weighted by Crippen LogP contribution is 2.38. The van der Waals surface area contributed by atoms with Crippen molar-refractivity contribution in [3.63, 3.8) is 0 Å². The second-order valence-electron chi connectivity index (χ2n) is 9.58. The normalized spacial score (nSPS) is 14.8. The Bertz CT molecular complexity index is 2020. The monoisotopic (exact) mass is 576 g/mol. The first-order chi connectivity index (χ1) is 20.5. The summed E-state index contributed by atoms with van der Waals surface area (Å²) in [5.74, 6) is 0.771. The van der Waals surface area contributed by atoms with Crippen molar-refractivity contribution in [3.8, 4) is 11.5 Å². The Morgan fingerprint density at radius 2 is 1.57 bits per heavy atom. The average Bonchev–Trinajstić information content (AvgIpc) is 3.35. The number of fused-ring (bicyclic) bond motifs is 2. The molecule has 2 heterocycles. The number of carbonyl (C=O) groups excluding carboxylic acids is 1. The lowest BCUT2D eigenvalue weighted by molar-refractivity contribution is -0.138. The third-order valence-corrected chi connectivity index (χ3v) is 8.21. The number of methoxy groups -OCH3 is 2. The fourth-order valence-electron chi connectivity index (χ4n) is 5.37. The number of hydrogen-bond donors (Lipinski definition) is 0. The summed E-state index contributed by atoms with van der Waals surface area (Å²) in [6.45, 7) is 1.94. The molecule has 210 valence electrons. The van der Waals surface area contributed by atoms with Crippen LogP contribution in [0.3, 0.4) is 0 Å². The fraction of sp³-hybridized carbons (Fsp3) is 0.147. The molecule has 42 heavy (non-hydrogen) atoms. The third-order valence-electron chi connectivity index (χ3n) is 7.23. The molecule has 0 N–H and O–H groups in total. The van der Waals surface area contributed by atoms with Gasteiger partial charge in [0.25, 0.3) is 5.56 Å². The molecular weight excluding hydrogens is 548 g/mol. The molecule has 5 aromatic rings. The largest absolute Gasteiger partial charge is 0.496 e. The number of ether oxygens (including phenoxy) is 3. The van der Waals surface area contributed by atoms with Crippen molar-refractivity contribution >= 4 is 39.9 Å².